The molecule has 7 heteroatoms. The van der Waals surface area contributed by atoms with Crippen LogP contribution in [0.2, 0.25) is 0 Å². The van der Waals surface area contributed by atoms with Gasteiger partial charge >= 0.3 is 0 Å². The molecule has 0 aliphatic heterocycles. The number of benzene rings is 2. The van der Waals surface area contributed by atoms with Crippen molar-refractivity contribution in [3.8, 4) is 5.75 Å². The molecule has 0 aliphatic carbocycles. The fourth-order valence-electron chi connectivity index (χ4n) is 2.77. The van der Waals surface area contributed by atoms with Crippen LogP contribution in [-0.2, 0) is 4.79 Å². The van der Waals surface area contributed by atoms with E-state index >= 15 is 0 Å². The van der Waals surface area contributed by atoms with Gasteiger partial charge in [-0.3, -0.25) is 19.7 Å². The number of anilines is 1. The van der Waals surface area contributed by atoms with E-state index in [2.05, 4.69) is 10.7 Å². The Morgan fingerprint density at radius 2 is 1.62 bits per heavy atom. The molecule has 6 nitrogen and oxygen atoms in total. The average molecular weight is 395 g/mol. The summed E-state index contributed by atoms with van der Waals surface area (Å²) in [5.41, 5.74) is 5.99. The Bertz CT molecular complexity index is 1020. The molecular weight excluding hydrogens is 373 g/mol. The Kier molecular flexibility index (Phi) is 5.97. The van der Waals surface area contributed by atoms with Crippen LogP contribution in [0, 0.1) is 26.6 Å². The zero-order valence-electron chi connectivity index (χ0n) is 16.5. The van der Waals surface area contributed by atoms with Gasteiger partial charge in [-0.1, -0.05) is 6.07 Å². The molecule has 0 radical (unpaired) electrons. The van der Waals surface area contributed by atoms with Gasteiger partial charge < -0.3 is 10.1 Å². The van der Waals surface area contributed by atoms with Gasteiger partial charge in [0.1, 0.15) is 11.6 Å². The van der Waals surface area contributed by atoms with E-state index in [9.17, 15) is 14.0 Å². The Labute approximate surface area is 168 Å². The molecule has 3 rings (SSSR count). The van der Waals surface area contributed by atoms with Crippen molar-refractivity contribution in [2.75, 3.05) is 17.3 Å². The molecule has 2 N–H and O–H groups in total. The van der Waals surface area contributed by atoms with E-state index in [4.69, 9.17) is 4.74 Å². The number of hydrogen-bond donors (Lipinski definition) is 2. The Morgan fingerprint density at radius 3 is 2.24 bits per heavy atom. The van der Waals surface area contributed by atoms with Crippen molar-refractivity contribution in [1.29, 1.82) is 0 Å². The molecule has 0 saturated heterocycles. The summed E-state index contributed by atoms with van der Waals surface area (Å²) in [6.07, 6.45) is 0. The van der Waals surface area contributed by atoms with Crippen LogP contribution in [0.3, 0.4) is 0 Å². The topological polar surface area (TPSA) is 72.4 Å². The van der Waals surface area contributed by atoms with Crippen LogP contribution >= 0.6 is 0 Å². The van der Waals surface area contributed by atoms with E-state index < -0.39 is 11.7 Å². The third-order valence-corrected chi connectivity index (χ3v) is 4.37. The smallest absolute Gasteiger partial charge is 0.270 e. The number of nitrogens with one attached hydrogen (secondary N) is 2. The lowest BCUT2D eigenvalue weighted by Gasteiger charge is -2.12. The van der Waals surface area contributed by atoms with E-state index in [-0.39, 0.29) is 18.2 Å². The van der Waals surface area contributed by atoms with Crippen molar-refractivity contribution >= 4 is 17.5 Å². The fraction of sp³-hybridized carbons (Fsp3) is 0.182. The molecule has 2 aromatic carbocycles. The summed E-state index contributed by atoms with van der Waals surface area (Å²) in [4.78, 5) is 24.4. The van der Waals surface area contributed by atoms with Crippen molar-refractivity contribution in [2.45, 2.75) is 20.8 Å². The summed E-state index contributed by atoms with van der Waals surface area (Å²) in [6.45, 7) is 5.29. The first kappa shape index (κ1) is 20.1. The van der Waals surface area contributed by atoms with Gasteiger partial charge in [-0.2, -0.15) is 0 Å². The van der Waals surface area contributed by atoms with Crippen LogP contribution in [0.1, 0.15) is 27.3 Å². The SMILES string of the molecule is Cc1ccc(NC(=O)COc2ccc(C(=O)Nn3c(C)ccc3C)cc2)c(F)c1. The molecule has 0 spiro atoms. The van der Waals surface area contributed by atoms with E-state index in [0.717, 1.165) is 17.0 Å². The number of amides is 2. The molecule has 150 valence electrons. The number of hydrogen-bond acceptors (Lipinski definition) is 3. The van der Waals surface area contributed by atoms with Gasteiger partial charge in [0.05, 0.1) is 5.69 Å². The second-order valence-electron chi connectivity index (χ2n) is 6.74. The van der Waals surface area contributed by atoms with Crippen molar-refractivity contribution in [3.05, 3.63) is 82.9 Å². The highest BCUT2D eigenvalue weighted by Crippen LogP contribution is 2.16. The van der Waals surface area contributed by atoms with Crippen molar-refractivity contribution < 1.29 is 18.7 Å². The van der Waals surface area contributed by atoms with Gasteiger partial charge in [-0.05, 0) is 74.9 Å². The Morgan fingerprint density at radius 1 is 0.966 bits per heavy atom. The second kappa shape index (κ2) is 8.60. The van der Waals surface area contributed by atoms with Gasteiger partial charge in [-0.25, -0.2) is 4.39 Å². The molecule has 3 aromatic rings. The quantitative estimate of drug-likeness (QED) is 0.664. The summed E-state index contributed by atoms with van der Waals surface area (Å²) in [5, 5.41) is 2.47. The largest absolute Gasteiger partial charge is 0.484 e. The van der Waals surface area contributed by atoms with Crippen molar-refractivity contribution in [2.24, 2.45) is 0 Å². The predicted octanol–water partition coefficient (Wildman–Crippen LogP) is 3.95. The number of aromatic nitrogens is 1. The fourth-order valence-corrected chi connectivity index (χ4v) is 2.77. The first-order chi connectivity index (χ1) is 13.8. The molecule has 0 atom stereocenters. The zero-order chi connectivity index (χ0) is 21.0. The van der Waals surface area contributed by atoms with Crippen LogP contribution in [0.15, 0.2) is 54.6 Å². The predicted molar refractivity (Wildman–Crippen MR) is 109 cm³/mol. The molecule has 0 unspecified atom stereocenters. The molecule has 0 fully saturated rings. The molecule has 0 saturated carbocycles. The number of carbonyl (C=O) groups excluding carboxylic acids is 2. The maximum absolute atomic E-state index is 13.8. The number of carbonyl (C=O) groups is 2. The van der Waals surface area contributed by atoms with E-state index in [0.29, 0.717) is 11.3 Å². The number of ether oxygens (including phenoxy) is 1. The molecule has 0 bridgehead atoms. The van der Waals surface area contributed by atoms with Crippen LogP contribution in [0.4, 0.5) is 10.1 Å². The zero-order valence-corrected chi connectivity index (χ0v) is 16.5. The summed E-state index contributed by atoms with van der Waals surface area (Å²) < 4.78 is 20.9. The first-order valence-electron chi connectivity index (χ1n) is 9.08. The van der Waals surface area contributed by atoms with Crippen LogP contribution in [0.5, 0.6) is 5.75 Å². The minimum Gasteiger partial charge on any atom is -0.484 e. The highest BCUT2D eigenvalue weighted by atomic mass is 19.1. The average Bonchev–Trinajstić information content (AvgIpc) is 3.01. The van der Waals surface area contributed by atoms with Gasteiger partial charge in [0.25, 0.3) is 11.8 Å². The summed E-state index contributed by atoms with van der Waals surface area (Å²) in [7, 11) is 0. The molecule has 1 aromatic heterocycles. The molecule has 2 amide bonds. The third-order valence-electron chi connectivity index (χ3n) is 4.37. The van der Waals surface area contributed by atoms with Gasteiger partial charge in [-0.15, -0.1) is 0 Å². The number of aryl methyl sites for hydroxylation is 3. The van der Waals surface area contributed by atoms with Crippen LogP contribution < -0.4 is 15.5 Å². The third kappa shape index (κ3) is 5.01. The summed E-state index contributed by atoms with van der Waals surface area (Å²) >= 11 is 0. The lowest BCUT2D eigenvalue weighted by Crippen LogP contribution is -2.24. The number of rotatable bonds is 6. The summed E-state index contributed by atoms with van der Waals surface area (Å²) in [6, 6.07) is 14.8. The Hall–Kier alpha value is -3.61. The molecule has 0 aliphatic rings. The normalized spacial score (nSPS) is 10.5. The minimum atomic E-state index is -0.498. The molecular formula is C22H22FN3O3. The lowest BCUT2D eigenvalue weighted by molar-refractivity contribution is -0.118. The maximum atomic E-state index is 13.8. The monoisotopic (exact) mass is 395 g/mol. The highest BCUT2D eigenvalue weighted by molar-refractivity contribution is 6.00. The lowest BCUT2D eigenvalue weighted by atomic mass is 10.2. The van der Waals surface area contributed by atoms with Crippen molar-refractivity contribution in [3.63, 3.8) is 0 Å². The second-order valence-corrected chi connectivity index (χ2v) is 6.74. The van der Waals surface area contributed by atoms with E-state index in [1.54, 1.807) is 41.9 Å². The number of halogens is 1. The van der Waals surface area contributed by atoms with Crippen LogP contribution in [0.25, 0.3) is 0 Å². The van der Waals surface area contributed by atoms with E-state index in [1.165, 1.54) is 12.1 Å². The first-order valence-corrected chi connectivity index (χ1v) is 9.08. The summed E-state index contributed by atoms with van der Waals surface area (Å²) in [5.74, 6) is -0.809. The van der Waals surface area contributed by atoms with Gasteiger partial charge in [0, 0.05) is 17.0 Å². The minimum absolute atomic E-state index is 0.104. The number of nitrogens with zero attached hydrogens (tertiary/aromatic N) is 1. The highest BCUT2D eigenvalue weighted by Gasteiger charge is 2.10. The molecule has 29 heavy (non-hydrogen) atoms. The van der Waals surface area contributed by atoms with Crippen LogP contribution in [-0.4, -0.2) is 23.1 Å². The Balaban J connectivity index is 1.55. The van der Waals surface area contributed by atoms with Gasteiger partial charge in [0.2, 0.25) is 0 Å². The maximum Gasteiger partial charge on any atom is 0.270 e. The van der Waals surface area contributed by atoms with E-state index in [1.807, 2.05) is 26.0 Å². The van der Waals surface area contributed by atoms with Gasteiger partial charge in [0.15, 0.2) is 6.61 Å². The van der Waals surface area contributed by atoms with Crippen molar-refractivity contribution in [1.82, 2.24) is 4.68 Å². The standard InChI is InChI=1S/C22H22FN3O3/c1-14-4-11-20(19(23)12-14)24-21(27)13-29-18-9-7-17(8-10-18)22(28)25-26-15(2)5-6-16(26)3/h4-12H,13H2,1-3H3,(H,24,27)(H,25,28). The molecule has 1 heterocycles.